The number of halogens is 1. The van der Waals surface area contributed by atoms with Crippen LogP contribution in [0.25, 0.3) is 0 Å². The van der Waals surface area contributed by atoms with Crippen molar-refractivity contribution in [2.45, 2.75) is 44.8 Å². The summed E-state index contributed by atoms with van der Waals surface area (Å²) >= 11 is 0. The van der Waals surface area contributed by atoms with Gasteiger partial charge in [-0.1, -0.05) is 0 Å². The van der Waals surface area contributed by atoms with Crippen LogP contribution in [0, 0.1) is 0 Å². The van der Waals surface area contributed by atoms with Gasteiger partial charge in [-0.15, -0.1) is 24.0 Å². The molecule has 0 aromatic heterocycles. The molecule has 1 aliphatic heterocycles. The molecule has 1 saturated heterocycles. The first-order valence-corrected chi connectivity index (χ1v) is 10.3. The van der Waals surface area contributed by atoms with E-state index in [9.17, 15) is 8.42 Å². The van der Waals surface area contributed by atoms with Crippen molar-refractivity contribution in [1.82, 2.24) is 10.6 Å². The maximum Gasteiger partial charge on any atom is 0.191 e. The number of ether oxygens (including phenoxy) is 2. The fourth-order valence-corrected chi connectivity index (χ4v) is 3.04. The molecular formula is C15H32IN3O4S. The first-order chi connectivity index (χ1) is 10.9. The Hall–Kier alpha value is -0.130. The van der Waals surface area contributed by atoms with Crippen molar-refractivity contribution in [3.63, 3.8) is 0 Å². The highest BCUT2D eigenvalue weighted by molar-refractivity contribution is 14.0. The highest BCUT2D eigenvalue weighted by Crippen LogP contribution is 2.11. The zero-order valence-corrected chi connectivity index (χ0v) is 18.1. The largest absolute Gasteiger partial charge is 0.379 e. The molecule has 144 valence electrons. The summed E-state index contributed by atoms with van der Waals surface area (Å²) in [7, 11) is -1.22. The van der Waals surface area contributed by atoms with Crippen LogP contribution in [0.1, 0.15) is 32.6 Å². The first kappa shape index (κ1) is 23.9. The Morgan fingerprint density at radius 3 is 2.79 bits per heavy atom. The van der Waals surface area contributed by atoms with E-state index in [4.69, 9.17) is 9.47 Å². The van der Waals surface area contributed by atoms with Crippen molar-refractivity contribution < 1.29 is 17.9 Å². The Bertz CT molecular complexity index is 454. The zero-order valence-electron chi connectivity index (χ0n) is 14.9. The molecule has 0 radical (unpaired) electrons. The van der Waals surface area contributed by atoms with E-state index in [0.29, 0.717) is 25.6 Å². The molecule has 9 heteroatoms. The third kappa shape index (κ3) is 12.3. The molecule has 1 rings (SSSR count). The third-order valence-corrected chi connectivity index (χ3v) is 4.59. The van der Waals surface area contributed by atoms with Gasteiger partial charge in [-0.05, 0) is 32.6 Å². The zero-order chi connectivity index (χ0) is 17.1. The number of sulfone groups is 1. The van der Waals surface area contributed by atoms with Crippen LogP contribution >= 0.6 is 24.0 Å². The van der Waals surface area contributed by atoms with Gasteiger partial charge in [-0.25, -0.2) is 8.42 Å². The molecule has 24 heavy (non-hydrogen) atoms. The summed E-state index contributed by atoms with van der Waals surface area (Å²) < 4.78 is 33.4. The molecule has 2 N–H and O–H groups in total. The lowest BCUT2D eigenvalue weighted by molar-refractivity contribution is 0.0168. The van der Waals surface area contributed by atoms with E-state index in [1.807, 2.05) is 6.92 Å². The maximum atomic E-state index is 11.2. The summed E-state index contributed by atoms with van der Waals surface area (Å²) in [5, 5.41) is 6.39. The maximum absolute atomic E-state index is 11.2. The second-order valence-electron chi connectivity index (χ2n) is 6.03. The summed E-state index contributed by atoms with van der Waals surface area (Å²) in [4.78, 5) is 4.14. The summed E-state index contributed by atoms with van der Waals surface area (Å²) in [6.45, 7) is 4.92. The molecule has 0 aromatic carbocycles. The van der Waals surface area contributed by atoms with Crippen LogP contribution in [-0.4, -0.2) is 71.9 Å². The molecule has 0 saturated carbocycles. The van der Waals surface area contributed by atoms with Crippen LogP contribution in [0.4, 0.5) is 0 Å². The van der Waals surface area contributed by atoms with E-state index in [2.05, 4.69) is 15.6 Å². The molecule has 1 aliphatic rings. The molecule has 1 heterocycles. The van der Waals surface area contributed by atoms with Crippen LogP contribution in [-0.2, 0) is 19.3 Å². The highest BCUT2D eigenvalue weighted by Gasteiger charge is 2.15. The second kappa shape index (κ2) is 13.1. The molecular weight excluding hydrogens is 445 g/mol. The lowest BCUT2D eigenvalue weighted by Crippen LogP contribution is -2.43. The van der Waals surface area contributed by atoms with Crippen molar-refractivity contribution in [3.8, 4) is 0 Å². The van der Waals surface area contributed by atoms with Gasteiger partial charge in [0.2, 0.25) is 0 Å². The quantitative estimate of drug-likeness (QED) is 0.213. The Labute approximate surface area is 163 Å². The second-order valence-corrected chi connectivity index (χ2v) is 8.29. The van der Waals surface area contributed by atoms with Crippen LogP contribution < -0.4 is 10.6 Å². The fraction of sp³-hybridized carbons (Fsp3) is 0.933. The lowest BCUT2D eigenvalue weighted by atomic mass is 10.2. The van der Waals surface area contributed by atoms with Crippen LogP contribution in [0.2, 0.25) is 0 Å². The van der Waals surface area contributed by atoms with E-state index in [1.165, 1.54) is 6.26 Å². The molecule has 0 amide bonds. The molecule has 7 nitrogen and oxygen atoms in total. The van der Waals surface area contributed by atoms with Gasteiger partial charge < -0.3 is 20.1 Å². The van der Waals surface area contributed by atoms with Gasteiger partial charge in [0.05, 0.1) is 18.5 Å². The van der Waals surface area contributed by atoms with Crippen LogP contribution in [0.5, 0.6) is 0 Å². The minimum atomic E-state index is -2.92. The molecule has 0 aromatic rings. The number of rotatable bonds is 10. The number of aliphatic imine (C=N–C) groups is 1. The smallest absolute Gasteiger partial charge is 0.191 e. The minimum absolute atomic E-state index is 0. The van der Waals surface area contributed by atoms with Crippen molar-refractivity contribution in [1.29, 1.82) is 0 Å². The van der Waals surface area contributed by atoms with Gasteiger partial charge in [0, 0.05) is 39.1 Å². The molecule has 0 aliphatic carbocycles. The topological polar surface area (TPSA) is 89.0 Å². The Morgan fingerprint density at radius 2 is 2.21 bits per heavy atom. The van der Waals surface area contributed by atoms with Gasteiger partial charge in [0.15, 0.2) is 5.96 Å². The third-order valence-electron chi connectivity index (χ3n) is 3.61. The van der Waals surface area contributed by atoms with E-state index in [1.54, 1.807) is 7.05 Å². The molecule has 2 unspecified atom stereocenters. The van der Waals surface area contributed by atoms with E-state index in [-0.39, 0.29) is 41.9 Å². The SMILES string of the molecule is CN=C(NCCCOCC1CCCO1)NC(C)CCS(C)(=O)=O.I. The van der Waals surface area contributed by atoms with Crippen molar-refractivity contribution in [3.05, 3.63) is 0 Å². The van der Waals surface area contributed by atoms with Gasteiger partial charge in [-0.3, -0.25) is 4.99 Å². The molecule has 2 atom stereocenters. The lowest BCUT2D eigenvalue weighted by Gasteiger charge is -2.17. The average molecular weight is 477 g/mol. The predicted octanol–water partition coefficient (Wildman–Crippen LogP) is 1.18. The minimum Gasteiger partial charge on any atom is -0.379 e. The normalized spacial score (nSPS) is 19.6. The number of nitrogens with zero attached hydrogens (tertiary/aromatic N) is 1. The predicted molar refractivity (Wildman–Crippen MR) is 108 cm³/mol. The van der Waals surface area contributed by atoms with E-state index >= 15 is 0 Å². The molecule has 0 bridgehead atoms. The van der Waals surface area contributed by atoms with Crippen molar-refractivity contribution in [2.75, 3.05) is 45.4 Å². The van der Waals surface area contributed by atoms with Gasteiger partial charge >= 0.3 is 0 Å². The summed E-state index contributed by atoms with van der Waals surface area (Å²) in [5.74, 6) is 0.861. The summed E-state index contributed by atoms with van der Waals surface area (Å²) in [5.41, 5.74) is 0. The van der Waals surface area contributed by atoms with E-state index < -0.39 is 9.84 Å². The highest BCUT2D eigenvalue weighted by atomic mass is 127. The van der Waals surface area contributed by atoms with Gasteiger partial charge in [-0.2, -0.15) is 0 Å². The molecule has 0 spiro atoms. The van der Waals surface area contributed by atoms with Crippen molar-refractivity contribution in [2.24, 2.45) is 4.99 Å². The summed E-state index contributed by atoms with van der Waals surface area (Å²) in [6, 6.07) is 0.0479. The van der Waals surface area contributed by atoms with Crippen LogP contribution in [0.3, 0.4) is 0 Å². The Kier molecular flexibility index (Phi) is 13.1. The van der Waals surface area contributed by atoms with Gasteiger partial charge in [0.25, 0.3) is 0 Å². The fourth-order valence-electron chi connectivity index (χ4n) is 2.26. The Morgan fingerprint density at radius 1 is 1.46 bits per heavy atom. The van der Waals surface area contributed by atoms with Crippen LogP contribution in [0.15, 0.2) is 4.99 Å². The van der Waals surface area contributed by atoms with Crippen molar-refractivity contribution >= 4 is 39.8 Å². The van der Waals surface area contributed by atoms with Gasteiger partial charge in [0.1, 0.15) is 9.84 Å². The number of hydrogen-bond donors (Lipinski definition) is 2. The number of guanidine groups is 1. The summed E-state index contributed by atoms with van der Waals surface area (Å²) in [6.07, 6.45) is 5.20. The monoisotopic (exact) mass is 477 g/mol. The number of hydrogen-bond acceptors (Lipinski definition) is 5. The molecule has 1 fully saturated rings. The average Bonchev–Trinajstić information content (AvgIpc) is 3.00. The number of nitrogens with one attached hydrogen (secondary N) is 2. The Balaban J connectivity index is 0.00000529. The first-order valence-electron chi connectivity index (χ1n) is 8.25. The standard InChI is InChI=1S/C15H31N3O4S.HI/c1-13(7-11-23(3,19)20)18-15(16-2)17-8-5-9-21-12-14-6-4-10-22-14;/h13-14H,4-12H2,1-3H3,(H2,16,17,18);1H. The van der Waals surface area contributed by atoms with E-state index in [0.717, 1.165) is 32.4 Å².